The van der Waals surface area contributed by atoms with Crippen LogP contribution < -0.4 is 14.9 Å². The minimum atomic E-state index is -2.99. The van der Waals surface area contributed by atoms with E-state index < -0.39 is 9.84 Å². The third kappa shape index (κ3) is 3.26. The Balaban J connectivity index is 1.53. The molecule has 0 saturated carbocycles. The number of hydrogen-bond acceptors (Lipinski definition) is 7. The summed E-state index contributed by atoms with van der Waals surface area (Å²) < 4.78 is 40.7. The number of nitrogens with zero attached hydrogens (tertiary/aromatic N) is 1. The first-order valence-electron chi connectivity index (χ1n) is 9.74. The number of ether oxygens (including phenoxy) is 2. The van der Waals surface area contributed by atoms with E-state index in [0.29, 0.717) is 47.7 Å². The lowest BCUT2D eigenvalue weighted by Gasteiger charge is -2.33. The summed E-state index contributed by atoms with van der Waals surface area (Å²) in [4.78, 5) is 15.2. The maximum Gasteiger partial charge on any atom is 0.200 e. The molecule has 7 nitrogen and oxygen atoms in total. The predicted molar refractivity (Wildman–Crippen MR) is 113 cm³/mol. The highest BCUT2D eigenvalue weighted by Crippen LogP contribution is 2.34. The summed E-state index contributed by atoms with van der Waals surface area (Å²) in [6.45, 7) is 0.810. The standard InChI is InChI=1S/C22H21NO6S/c1-27-16-4-2-14(3-5-16)19-11-28-22-17(21(19)24)6-7-20-18(22)10-23(13-29-20)15-8-9-30(25,26)12-15/h2-7,11,15H,8-10,12-13H2,1H3. The van der Waals surface area contributed by atoms with E-state index in [9.17, 15) is 13.2 Å². The van der Waals surface area contributed by atoms with Crippen LogP contribution in [0, 0.1) is 0 Å². The highest BCUT2D eigenvalue weighted by Gasteiger charge is 2.35. The van der Waals surface area contributed by atoms with Crippen molar-refractivity contribution in [3.05, 3.63) is 58.4 Å². The Hall–Kier alpha value is -2.84. The molecule has 0 spiro atoms. The Labute approximate surface area is 173 Å². The molecule has 2 aliphatic heterocycles. The Morgan fingerprint density at radius 3 is 2.63 bits per heavy atom. The lowest BCUT2D eigenvalue weighted by molar-refractivity contribution is 0.0649. The van der Waals surface area contributed by atoms with Gasteiger partial charge in [0.2, 0.25) is 5.43 Å². The van der Waals surface area contributed by atoms with Crippen LogP contribution in [0.5, 0.6) is 11.5 Å². The molecule has 2 aromatic carbocycles. The first-order chi connectivity index (χ1) is 14.4. The van der Waals surface area contributed by atoms with Crippen molar-refractivity contribution in [2.45, 2.75) is 19.0 Å². The van der Waals surface area contributed by atoms with Crippen molar-refractivity contribution < 1.29 is 22.3 Å². The molecule has 1 atom stereocenters. The zero-order valence-electron chi connectivity index (χ0n) is 16.5. The number of fused-ring (bicyclic) bond motifs is 3. The Bertz CT molecular complexity index is 1280. The van der Waals surface area contributed by atoms with Gasteiger partial charge in [-0.2, -0.15) is 0 Å². The first kappa shape index (κ1) is 19.1. The molecule has 156 valence electrons. The number of benzene rings is 2. The highest BCUT2D eigenvalue weighted by molar-refractivity contribution is 7.91. The molecule has 1 unspecified atom stereocenters. The van der Waals surface area contributed by atoms with Gasteiger partial charge < -0.3 is 13.9 Å². The molecule has 2 aliphatic rings. The van der Waals surface area contributed by atoms with Crippen LogP contribution in [-0.4, -0.2) is 44.7 Å². The van der Waals surface area contributed by atoms with Gasteiger partial charge in [0.05, 0.1) is 35.1 Å². The van der Waals surface area contributed by atoms with E-state index in [0.717, 1.165) is 11.1 Å². The molecule has 30 heavy (non-hydrogen) atoms. The van der Waals surface area contributed by atoms with Gasteiger partial charge in [0.25, 0.3) is 0 Å². The minimum absolute atomic E-state index is 0.0799. The van der Waals surface area contributed by atoms with Crippen LogP contribution in [0.4, 0.5) is 0 Å². The summed E-state index contributed by atoms with van der Waals surface area (Å²) in [5.41, 5.74) is 2.37. The smallest absolute Gasteiger partial charge is 0.200 e. The zero-order valence-corrected chi connectivity index (χ0v) is 17.3. The Kier molecular flexibility index (Phi) is 4.56. The molecule has 1 aromatic heterocycles. The Morgan fingerprint density at radius 2 is 1.93 bits per heavy atom. The molecule has 0 bridgehead atoms. The molecule has 5 rings (SSSR count). The lowest BCUT2D eigenvalue weighted by atomic mass is 10.0. The van der Waals surface area contributed by atoms with Crippen LogP contribution in [0.15, 0.2) is 51.9 Å². The topological polar surface area (TPSA) is 86.1 Å². The number of sulfone groups is 1. The van der Waals surface area contributed by atoms with Crippen molar-refractivity contribution in [3.63, 3.8) is 0 Å². The van der Waals surface area contributed by atoms with Crippen LogP contribution in [0.25, 0.3) is 22.1 Å². The van der Waals surface area contributed by atoms with Crippen LogP contribution in [-0.2, 0) is 16.4 Å². The SMILES string of the molecule is COc1ccc(-c2coc3c4c(ccc3c2=O)OCN(C2CCS(=O)(=O)C2)C4)cc1. The van der Waals surface area contributed by atoms with Gasteiger partial charge >= 0.3 is 0 Å². The molecular weight excluding hydrogens is 406 g/mol. The fourth-order valence-electron chi connectivity index (χ4n) is 4.19. The minimum Gasteiger partial charge on any atom is -0.497 e. The van der Waals surface area contributed by atoms with Crippen molar-refractivity contribution in [1.82, 2.24) is 4.90 Å². The highest BCUT2D eigenvalue weighted by atomic mass is 32.2. The molecule has 0 aliphatic carbocycles. The van der Waals surface area contributed by atoms with Crippen molar-refractivity contribution in [2.75, 3.05) is 25.3 Å². The van der Waals surface area contributed by atoms with Crippen LogP contribution in [0.1, 0.15) is 12.0 Å². The molecule has 1 saturated heterocycles. The van der Waals surface area contributed by atoms with E-state index in [1.165, 1.54) is 6.26 Å². The summed E-state index contributed by atoms with van der Waals surface area (Å²) in [6.07, 6.45) is 2.07. The summed E-state index contributed by atoms with van der Waals surface area (Å²) in [5, 5.41) is 0.478. The van der Waals surface area contributed by atoms with Crippen LogP contribution >= 0.6 is 0 Å². The molecular formula is C22H21NO6S. The van der Waals surface area contributed by atoms with Gasteiger partial charge in [0.15, 0.2) is 9.84 Å². The van der Waals surface area contributed by atoms with E-state index in [-0.39, 0.29) is 23.0 Å². The largest absolute Gasteiger partial charge is 0.497 e. The molecule has 3 heterocycles. The van der Waals surface area contributed by atoms with E-state index in [1.807, 2.05) is 17.0 Å². The van der Waals surface area contributed by atoms with Crippen molar-refractivity contribution in [3.8, 4) is 22.6 Å². The van der Waals surface area contributed by atoms with E-state index in [4.69, 9.17) is 13.9 Å². The molecule has 0 N–H and O–H groups in total. The maximum absolute atomic E-state index is 13.2. The third-order valence-electron chi connectivity index (χ3n) is 5.87. The van der Waals surface area contributed by atoms with Gasteiger partial charge in [-0.25, -0.2) is 8.42 Å². The molecule has 0 radical (unpaired) electrons. The normalized spacial score (nSPS) is 20.6. The lowest BCUT2D eigenvalue weighted by Crippen LogP contribution is -2.41. The Morgan fingerprint density at radius 1 is 1.13 bits per heavy atom. The van der Waals surface area contributed by atoms with Crippen molar-refractivity contribution >= 4 is 20.8 Å². The molecule has 8 heteroatoms. The average Bonchev–Trinajstić information content (AvgIpc) is 3.13. The number of rotatable bonds is 3. The summed E-state index contributed by atoms with van der Waals surface area (Å²) in [7, 11) is -1.40. The first-order valence-corrected chi connectivity index (χ1v) is 11.6. The summed E-state index contributed by atoms with van der Waals surface area (Å²) >= 11 is 0. The van der Waals surface area contributed by atoms with E-state index in [1.54, 1.807) is 31.4 Å². The third-order valence-corrected chi connectivity index (χ3v) is 7.62. The molecule has 0 amide bonds. The van der Waals surface area contributed by atoms with Crippen LogP contribution in [0.3, 0.4) is 0 Å². The van der Waals surface area contributed by atoms with Crippen LogP contribution in [0.2, 0.25) is 0 Å². The second-order valence-electron chi connectivity index (χ2n) is 7.70. The quantitative estimate of drug-likeness (QED) is 0.635. The van der Waals surface area contributed by atoms with E-state index >= 15 is 0 Å². The summed E-state index contributed by atoms with van der Waals surface area (Å²) in [6, 6.07) is 10.7. The summed E-state index contributed by atoms with van der Waals surface area (Å²) in [5.74, 6) is 1.72. The number of hydrogen-bond donors (Lipinski definition) is 0. The van der Waals surface area contributed by atoms with Crippen molar-refractivity contribution in [1.29, 1.82) is 0 Å². The van der Waals surface area contributed by atoms with Gasteiger partial charge in [-0.15, -0.1) is 0 Å². The second-order valence-corrected chi connectivity index (χ2v) is 9.93. The van der Waals surface area contributed by atoms with Crippen molar-refractivity contribution in [2.24, 2.45) is 0 Å². The fraction of sp³-hybridized carbons (Fsp3) is 0.318. The predicted octanol–water partition coefficient (Wildman–Crippen LogP) is 2.81. The van der Waals surface area contributed by atoms with Gasteiger partial charge in [-0.1, -0.05) is 12.1 Å². The monoisotopic (exact) mass is 427 g/mol. The van der Waals surface area contributed by atoms with Gasteiger partial charge in [0.1, 0.15) is 30.1 Å². The molecule has 3 aromatic rings. The fourth-order valence-corrected chi connectivity index (χ4v) is 5.95. The van der Waals surface area contributed by atoms with Gasteiger partial charge in [-0.05, 0) is 36.2 Å². The number of methoxy groups -OCH3 is 1. The van der Waals surface area contributed by atoms with E-state index in [2.05, 4.69) is 0 Å². The van der Waals surface area contributed by atoms with Gasteiger partial charge in [0, 0.05) is 12.6 Å². The maximum atomic E-state index is 13.2. The second kappa shape index (κ2) is 7.14. The average molecular weight is 427 g/mol. The van der Waals surface area contributed by atoms with Gasteiger partial charge in [-0.3, -0.25) is 9.69 Å². The zero-order chi connectivity index (χ0) is 20.9. The molecule has 1 fully saturated rings.